The van der Waals surface area contributed by atoms with E-state index in [1.165, 1.54) is 0 Å². The van der Waals surface area contributed by atoms with E-state index in [0.29, 0.717) is 18.8 Å². The van der Waals surface area contributed by atoms with Crippen molar-refractivity contribution in [3.63, 3.8) is 0 Å². The molecule has 0 fully saturated rings. The maximum atomic E-state index is 9.59. The molecule has 0 saturated carbocycles. The number of benzene rings is 3. The first kappa shape index (κ1) is 24.4. The second-order valence-corrected chi connectivity index (χ2v) is 5.29. The summed E-state index contributed by atoms with van der Waals surface area (Å²) < 4.78 is 0. The zero-order chi connectivity index (χ0) is 20.2. The van der Waals surface area contributed by atoms with Gasteiger partial charge in [0.1, 0.15) is 5.75 Å². The van der Waals surface area contributed by atoms with Crippen LogP contribution in [0.1, 0.15) is 25.0 Å². The van der Waals surface area contributed by atoms with Crippen LogP contribution in [0.3, 0.4) is 0 Å². The molecule has 0 aliphatic heterocycles. The van der Waals surface area contributed by atoms with Gasteiger partial charge in [0.05, 0.1) is 6.61 Å². The molecule has 146 valence electrons. The lowest BCUT2D eigenvalue weighted by Gasteiger charge is -2.07. The fourth-order valence-corrected chi connectivity index (χ4v) is 1.93. The molecule has 0 atom stereocenters. The zero-order valence-electron chi connectivity index (χ0n) is 16.7. The average Bonchev–Trinajstić information content (AvgIpc) is 2.76. The van der Waals surface area contributed by atoms with Gasteiger partial charge in [-0.05, 0) is 12.5 Å². The highest BCUT2D eigenvalue weighted by Gasteiger charge is 2.01. The minimum atomic E-state index is 0.118. The van der Waals surface area contributed by atoms with Gasteiger partial charge in [-0.2, -0.15) is 0 Å². The van der Waals surface area contributed by atoms with E-state index in [1.807, 2.05) is 112 Å². The van der Waals surface area contributed by atoms with Crippen LogP contribution in [0.15, 0.2) is 91.0 Å². The van der Waals surface area contributed by atoms with Crippen LogP contribution < -0.4 is 5.32 Å². The SMILES string of the molecule is CC.Cc1cccc(CNCCO)c1O.c1ccccc1.c1ccccc1. The van der Waals surface area contributed by atoms with Gasteiger partial charge in [-0.25, -0.2) is 0 Å². The molecular formula is C24H33NO2. The Kier molecular flexibility index (Phi) is 16.4. The summed E-state index contributed by atoms with van der Waals surface area (Å²) in [6.45, 7) is 7.12. The molecule has 0 heterocycles. The quantitative estimate of drug-likeness (QED) is 0.557. The lowest BCUT2D eigenvalue weighted by Crippen LogP contribution is -2.17. The highest BCUT2D eigenvalue weighted by atomic mass is 16.3. The average molecular weight is 368 g/mol. The molecule has 0 bridgehead atoms. The van der Waals surface area contributed by atoms with E-state index in [2.05, 4.69) is 5.32 Å². The van der Waals surface area contributed by atoms with Crippen molar-refractivity contribution in [2.24, 2.45) is 0 Å². The van der Waals surface area contributed by atoms with Gasteiger partial charge in [-0.1, -0.05) is 105 Å². The first-order chi connectivity index (χ1) is 13.3. The minimum Gasteiger partial charge on any atom is -0.507 e. The summed E-state index contributed by atoms with van der Waals surface area (Å²) in [7, 11) is 0. The Labute approximate surface area is 164 Å². The lowest BCUT2D eigenvalue weighted by molar-refractivity contribution is 0.291. The van der Waals surface area contributed by atoms with Crippen molar-refractivity contribution in [3.8, 4) is 5.75 Å². The van der Waals surface area contributed by atoms with Crippen LogP contribution in [-0.4, -0.2) is 23.4 Å². The predicted octanol–water partition coefficient (Wildman–Crippen LogP) is 5.18. The Balaban J connectivity index is 0.000000400. The Morgan fingerprint density at radius 1 is 0.704 bits per heavy atom. The number of aromatic hydroxyl groups is 1. The molecule has 3 aromatic carbocycles. The third-order valence-corrected chi connectivity index (χ3v) is 3.26. The summed E-state index contributed by atoms with van der Waals surface area (Å²) in [6, 6.07) is 29.6. The Morgan fingerprint density at radius 3 is 1.48 bits per heavy atom. The van der Waals surface area contributed by atoms with E-state index in [1.54, 1.807) is 0 Å². The molecule has 0 aliphatic carbocycles. The maximum Gasteiger partial charge on any atom is 0.122 e. The van der Waals surface area contributed by atoms with Crippen LogP contribution >= 0.6 is 0 Å². The number of para-hydroxylation sites is 1. The lowest BCUT2D eigenvalue weighted by atomic mass is 10.1. The van der Waals surface area contributed by atoms with E-state index >= 15 is 0 Å². The fraction of sp³-hybridized carbons (Fsp3) is 0.250. The second kappa shape index (κ2) is 18.2. The highest BCUT2D eigenvalue weighted by molar-refractivity contribution is 5.39. The fourth-order valence-electron chi connectivity index (χ4n) is 1.93. The summed E-state index contributed by atoms with van der Waals surface area (Å²) >= 11 is 0. The second-order valence-electron chi connectivity index (χ2n) is 5.29. The van der Waals surface area contributed by atoms with Gasteiger partial charge in [0.25, 0.3) is 0 Å². The monoisotopic (exact) mass is 367 g/mol. The van der Waals surface area contributed by atoms with Crippen LogP contribution in [0.2, 0.25) is 0 Å². The van der Waals surface area contributed by atoms with Gasteiger partial charge in [0.15, 0.2) is 0 Å². The number of phenols is 1. The van der Waals surface area contributed by atoms with Gasteiger partial charge >= 0.3 is 0 Å². The molecule has 0 saturated heterocycles. The maximum absolute atomic E-state index is 9.59. The van der Waals surface area contributed by atoms with Crippen LogP contribution in [0.4, 0.5) is 0 Å². The first-order valence-corrected chi connectivity index (χ1v) is 9.34. The first-order valence-electron chi connectivity index (χ1n) is 9.34. The third kappa shape index (κ3) is 13.3. The number of rotatable bonds is 4. The molecule has 0 amide bonds. The smallest absolute Gasteiger partial charge is 0.122 e. The van der Waals surface area contributed by atoms with Crippen molar-refractivity contribution in [2.75, 3.05) is 13.2 Å². The normalized spacial score (nSPS) is 8.74. The summed E-state index contributed by atoms with van der Waals surface area (Å²) in [5.41, 5.74) is 1.75. The molecule has 3 N–H and O–H groups in total. The molecule has 3 aromatic rings. The zero-order valence-corrected chi connectivity index (χ0v) is 16.7. The Bertz CT molecular complexity index is 573. The molecule has 3 nitrogen and oxygen atoms in total. The summed E-state index contributed by atoms with van der Waals surface area (Å²) in [5, 5.41) is 21.1. The van der Waals surface area contributed by atoms with Crippen molar-refractivity contribution in [2.45, 2.75) is 27.3 Å². The van der Waals surface area contributed by atoms with Crippen molar-refractivity contribution >= 4 is 0 Å². The molecule has 0 aromatic heterocycles. The molecule has 0 aliphatic rings. The molecule has 3 rings (SSSR count). The number of hydrogen-bond acceptors (Lipinski definition) is 3. The van der Waals surface area contributed by atoms with Gasteiger partial charge in [-0.3, -0.25) is 0 Å². The minimum absolute atomic E-state index is 0.118. The standard InChI is InChI=1S/C10H15NO2.2C6H6.C2H6/c1-8-3-2-4-9(10(8)13)7-11-5-6-12;2*1-2-4-6-5-3-1;1-2/h2-4,11-13H,5-7H2,1H3;2*1-6H;1-2H3. The van der Waals surface area contributed by atoms with Crippen molar-refractivity contribution in [3.05, 3.63) is 102 Å². The highest BCUT2D eigenvalue weighted by Crippen LogP contribution is 2.20. The van der Waals surface area contributed by atoms with Crippen molar-refractivity contribution < 1.29 is 10.2 Å². The van der Waals surface area contributed by atoms with Gasteiger partial charge < -0.3 is 15.5 Å². The summed E-state index contributed by atoms with van der Waals surface area (Å²) in [4.78, 5) is 0. The molecule has 0 spiro atoms. The topological polar surface area (TPSA) is 52.5 Å². The Morgan fingerprint density at radius 2 is 1.11 bits per heavy atom. The van der Waals surface area contributed by atoms with Crippen LogP contribution in [0.25, 0.3) is 0 Å². The van der Waals surface area contributed by atoms with E-state index in [4.69, 9.17) is 5.11 Å². The largest absolute Gasteiger partial charge is 0.507 e. The van der Waals surface area contributed by atoms with Crippen LogP contribution in [0.5, 0.6) is 5.75 Å². The van der Waals surface area contributed by atoms with Crippen molar-refractivity contribution in [1.29, 1.82) is 0 Å². The number of aliphatic hydroxyl groups excluding tert-OH is 1. The molecule has 0 unspecified atom stereocenters. The molecule has 27 heavy (non-hydrogen) atoms. The van der Waals surface area contributed by atoms with E-state index in [9.17, 15) is 5.11 Å². The van der Waals surface area contributed by atoms with Crippen molar-refractivity contribution in [1.82, 2.24) is 5.32 Å². The number of aryl methyl sites for hydroxylation is 1. The van der Waals surface area contributed by atoms with Gasteiger partial charge in [0.2, 0.25) is 0 Å². The molecule has 3 heteroatoms. The number of nitrogens with one attached hydrogen (secondary N) is 1. The summed E-state index contributed by atoms with van der Waals surface area (Å²) in [5.74, 6) is 0.341. The number of aliphatic hydroxyl groups is 1. The van der Waals surface area contributed by atoms with E-state index in [0.717, 1.165) is 11.1 Å². The summed E-state index contributed by atoms with van der Waals surface area (Å²) in [6.07, 6.45) is 0. The van der Waals surface area contributed by atoms with E-state index in [-0.39, 0.29) is 6.61 Å². The van der Waals surface area contributed by atoms with Crippen LogP contribution in [-0.2, 0) is 6.54 Å². The van der Waals surface area contributed by atoms with Gasteiger partial charge in [-0.15, -0.1) is 0 Å². The molecule has 0 radical (unpaired) electrons. The predicted molar refractivity (Wildman–Crippen MR) is 116 cm³/mol. The number of phenolic OH excluding ortho intramolecular Hbond substituents is 1. The van der Waals surface area contributed by atoms with E-state index < -0.39 is 0 Å². The Hall–Kier alpha value is -2.62. The number of hydrogen-bond donors (Lipinski definition) is 3. The molecular weight excluding hydrogens is 334 g/mol. The van der Waals surface area contributed by atoms with Crippen LogP contribution in [0, 0.1) is 6.92 Å². The van der Waals surface area contributed by atoms with Gasteiger partial charge in [0, 0.05) is 18.7 Å². The third-order valence-electron chi connectivity index (χ3n) is 3.26.